The first-order valence-corrected chi connectivity index (χ1v) is 8.31. The first-order valence-electron chi connectivity index (χ1n) is 7.50. The number of rotatable bonds is 7. The lowest BCUT2D eigenvalue weighted by atomic mass is 10.2. The number of carbonyl (C=O) groups is 1. The van der Waals surface area contributed by atoms with E-state index in [0.29, 0.717) is 18.6 Å². The molecule has 0 unspecified atom stereocenters. The van der Waals surface area contributed by atoms with Crippen LogP contribution < -0.4 is 5.32 Å². The highest BCUT2D eigenvalue weighted by Gasteiger charge is 2.15. The van der Waals surface area contributed by atoms with Gasteiger partial charge < -0.3 is 5.32 Å². The number of nitrogens with one attached hydrogen (secondary N) is 1. The minimum absolute atomic E-state index is 0.0604. The minimum atomic E-state index is 0.0604. The van der Waals surface area contributed by atoms with Crippen molar-refractivity contribution in [1.82, 2.24) is 10.2 Å². The third-order valence-electron chi connectivity index (χ3n) is 3.55. The summed E-state index contributed by atoms with van der Waals surface area (Å²) >= 11 is 1.61. The van der Waals surface area contributed by atoms with Gasteiger partial charge in [0.1, 0.15) is 0 Å². The normalized spacial score (nSPS) is 11.7. The standard InChI is InChI=1S/C16H28N2OS/c1-7-14-13(6)10-15(20-14)16(19)17-8-9-18(11(2)3)12(4)5/h10-12H,7-9H2,1-6H3,(H,17,19). The van der Waals surface area contributed by atoms with Crippen LogP contribution >= 0.6 is 11.3 Å². The molecule has 0 radical (unpaired) electrons. The van der Waals surface area contributed by atoms with Crippen LogP contribution in [0.4, 0.5) is 0 Å². The molecule has 1 aromatic heterocycles. The summed E-state index contributed by atoms with van der Waals surface area (Å²) in [4.78, 5) is 16.7. The van der Waals surface area contributed by atoms with Gasteiger partial charge in [0, 0.05) is 30.1 Å². The number of nitrogens with zero attached hydrogens (tertiary/aromatic N) is 1. The Hall–Kier alpha value is -0.870. The van der Waals surface area contributed by atoms with Gasteiger partial charge in [-0.25, -0.2) is 0 Å². The Balaban J connectivity index is 2.50. The Bertz CT molecular complexity index is 430. The SMILES string of the molecule is CCc1sc(C(=O)NCCN(C(C)C)C(C)C)cc1C. The number of hydrogen-bond donors (Lipinski definition) is 1. The number of thiophene rings is 1. The van der Waals surface area contributed by atoms with Crippen LogP contribution in [-0.2, 0) is 6.42 Å². The van der Waals surface area contributed by atoms with Crippen LogP contribution in [0.25, 0.3) is 0 Å². The number of aryl methyl sites for hydroxylation is 2. The minimum Gasteiger partial charge on any atom is -0.350 e. The van der Waals surface area contributed by atoms with E-state index in [1.807, 2.05) is 6.07 Å². The monoisotopic (exact) mass is 296 g/mol. The number of amides is 1. The molecule has 0 atom stereocenters. The molecule has 0 aliphatic carbocycles. The van der Waals surface area contributed by atoms with Crippen molar-refractivity contribution in [1.29, 1.82) is 0 Å². The van der Waals surface area contributed by atoms with Crippen molar-refractivity contribution < 1.29 is 4.79 Å². The molecule has 0 saturated heterocycles. The Kier molecular flexibility index (Phi) is 6.69. The van der Waals surface area contributed by atoms with Gasteiger partial charge in [-0.3, -0.25) is 9.69 Å². The van der Waals surface area contributed by atoms with E-state index in [0.717, 1.165) is 17.8 Å². The lowest BCUT2D eigenvalue weighted by Crippen LogP contribution is -2.42. The Labute approximate surface area is 127 Å². The zero-order valence-electron chi connectivity index (χ0n) is 13.6. The fourth-order valence-electron chi connectivity index (χ4n) is 2.48. The van der Waals surface area contributed by atoms with E-state index in [-0.39, 0.29) is 5.91 Å². The molecular weight excluding hydrogens is 268 g/mol. The lowest BCUT2D eigenvalue weighted by molar-refractivity contribution is 0.0943. The average molecular weight is 296 g/mol. The second-order valence-corrected chi connectivity index (χ2v) is 6.89. The van der Waals surface area contributed by atoms with Gasteiger partial charge in [-0.2, -0.15) is 0 Å². The van der Waals surface area contributed by atoms with Crippen molar-refractivity contribution in [2.24, 2.45) is 0 Å². The Morgan fingerprint density at radius 3 is 2.35 bits per heavy atom. The van der Waals surface area contributed by atoms with Crippen molar-refractivity contribution in [2.75, 3.05) is 13.1 Å². The lowest BCUT2D eigenvalue weighted by Gasteiger charge is -2.30. The van der Waals surface area contributed by atoms with E-state index in [4.69, 9.17) is 0 Å². The van der Waals surface area contributed by atoms with Crippen LogP contribution in [0, 0.1) is 6.92 Å². The van der Waals surface area contributed by atoms with E-state index in [2.05, 4.69) is 51.8 Å². The smallest absolute Gasteiger partial charge is 0.261 e. The summed E-state index contributed by atoms with van der Waals surface area (Å²) < 4.78 is 0. The molecule has 0 spiro atoms. The van der Waals surface area contributed by atoms with E-state index in [1.165, 1.54) is 10.4 Å². The highest BCUT2D eigenvalue weighted by Crippen LogP contribution is 2.22. The quantitative estimate of drug-likeness (QED) is 0.835. The number of carbonyl (C=O) groups excluding carboxylic acids is 1. The molecule has 0 fully saturated rings. The third kappa shape index (κ3) is 4.60. The molecular formula is C16H28N2OS. The summed E-state index contributed by atoms with van der Waals surface area (Å²) in [5, 5.41) is 3.03. The summed E-state index contributed by atoms with van der Waals surface area (Å²) in [6.45, 7) is 14.6. The van der Waals surface area contributed by atoms with Crippen LogP contribution in [0.1, 0.15) is 54.7 Å². The maximum absolute atomic E-state index is 12.1. The fraction of sp³-hybridized carbons (Fsp3) is 0.688. The summed E-state index contributed by atoms with van der Waals surface area (Å²) in [5.41, 5.74) is 1.23. The van der Waals surface area contributed by atoms with Crippen LogP contribution in [-0.4, -0.2) is 36.0 Å². The predicted octanol–water partition coefficient (Wildman–Crippen LogP) is 3.47. The number of hydrogen-bond acceptors (Lipinski definition) is 3. The predicted molar refractivity (Wildman–Crippen MR) is 87.7 cm³/mol. The van der Waals surface area contributed by atoms with Crippen LogP contribution in [0.3, 0.4) is 0 Å². The summed E-state index contributed by atoms with van der Waals surface area (Å²) in [6, 6.07) is 3.01. The zero-order valence-corrected chi connectivity index (χ0v) is 14.4. The second kappa shape index (κ2) is 7.79. The first kappa shape index (κ1) is 17.2. The molecule has 1 rings (SSSR count). The second-order valence-electron chi connectivity index (χ2n) is 5.75. The third-order valence-corrected chi connectivity index (χ3v) is 4.93. The highest BCUT2D eigenvalue weighted by molar-refractivity contribution is 7.14. The Morgan fingerprint density at radius 2 is 1.90 bits per heavy atom. The zero-order chi connectivity index (χ0) is 15.3. The van der Waals surface area contributed by atoms with Crippen LogP contribution in [0.15, 0.2) is 6.07 Å². The van der Waals surface area contributed by atoms with Gasteiger partial charge in [-0.15, -0.1) is 11.3 Å². The molecule has 0 saturated carbocycles. The molecule has 1 amide bonds. The van der Waals surface area contributed by atoms with Gasteiger partial charge in [0.15, 0.2) is 0 Å². The molecule has 0 aromatic carbocycles. The highest BCUT2D eigenvalue weighted by atomic mass is 32.1. The van der Waals surface area contributed by atoms with Crippen molar-refractivity contribution in [3.05, 3.63) is 21.4 Å². The molecule has 20 heavy (non-hydrogen) atoms. The summed E-state index contributed by atoms with van der Waals surface area (Å²) in [7, 11) is 0. The molecule has 0 bridgehead atoms. The molecule has 1 heterocycles. The van der Waals surface area contributed by atoms with Crippen LogP contribution in [0.2, 0.25) is 0 Å². The Morgan fingerprint density at radius 1 is 1.30 bits per heavy atom. The first-order chi connectivity index (χ1) is 9.36. The topological polar surface area (TPSA) is 32.3 Å². The maximum atomic E-state index is 12.1. The molecule has 4 heteroatoms. The molecule has 0 aliphatic heterocycles. The van der Waals surface area contributed by atoms with Gasteiger partial charge in [0.05, 0.1) is 4.88 Å². The molecule has 1 aromatic rings. The largest absolute Gasteiger partial charge is 0.350 e. The van der Waals surface area contributed by atoms with E-state index in [1.54, 1.807) is 11.3 Å². The van der Waals surface area contributed by atoms with Crippen molar-refractivity contribution in [2.45, 2.75) is 60.0 Å². The van der Waals surface area contributed by atoms with Crippen molar-refractivity contribution in [3.8, 4) is 0 Å². The van der Waals surface area contributed by atoms with Gasteiger partial charge in [-0.05, 0) is 52.7 Å². The van der Waals surface area contributed by atoms with Gasteiger partial charge in [-0.1, -0.05) is 6.92 Å². The molecule has 1 N–H and O–H groups in total. The maximum Gasteiger partial charge on any atom is 0.261 e. The van der Waals surface area contributed by atoms with Gasteiger partial charge >= 0.3 is 0 Å². The van der Waals surface area contributed by atoms with Crippen molar-refractivity contribution >= 4 is 17.2 Å². The molecule has 114 valence electrons. The summed E-state index contributed by atoms with van der Waals surface area (Å²) in [5.74, 6) is 0.0604. The van der Waals surface area contributed by atoms with E-state index >= 15 is 0 Å². The van der Waals surface area contributed by atoms with Crippen LogP contribution in [0.5, 0.6) is 0 Å². The molecule has 3 nitrogen and oxygen atoms in total. The summed E-state index contributed by atoms with van der Waals surface area (Å²) in [6.07, 6.45) is 0.998. The van der Waals surface area contributed by atoms with E-state index < -0.39 is 0 Å². The molecule has 0 aliphatic rings. The average Bonchev–Trinajstić information content (AvgIpc) is 2.74. The van der Waals surface area contributed by atoms with Gasteiger partial charge in [0.2, 0.25) is 0 Å². The fourth-order valence-corrected chi connectivity index (χ4v) is 3.51. The van der Waals surface area contributed by atoms with Gasteiger partial charge in [0.25, 0.3) is 5.91 Å². The van der Waals surface area contributed by atoms with Crippen molar-refractivity contribution in [3.63, 3.8) is 0 Å². The van der Waals surface area contributed by atoms with E-state index in [9.17, 15) is 4.79 Å².